The van der Waals surface area contributed by atoms with Crippen LogP contribution in [0.2, 0.25) is 0 Å². The van der Waals surface area contributed by atoms with E-state index in [1.54, 1.807) is 6.92 Å². The van der Waals surface area contributed by atoms with Gasteiger partial charge in [0.2, 0.25) is 0 Å². The molecule has 10 heavy (non-hydrogen) atoms. The van der Waals surface area contributed by atoms with Gasteiger partial charge in [-0.05, 0) is 6.42 Å². The van der Waals surface area contributed by atoms with Crippen LogP contribution < -0.4 is 0 Å². The van der Waals surface area contributed by atoms with Gasteiger partial charge in [-0.25, -0.2) is 0 Å². The average Bonchev–Trinajstić information content (AvgIpc) is 1.91. The van der Waals surface area contributed by atoms with Crippen molar-refractivity contribution in [3.05, 3.63) is 0 Å². The number of hydrogen-bond donors (Lipinski definition) is 2. The van der Waals surface area contributed by atoms with Crippen LogP contribution in [0.25, 0.3) is 0 Å². The molecule has 0 saturated heterocycles. The highest BCUT2D eigenvalue weighted by atomic mass is 16.5. The van der Waals surface area contributed by atoms with Crippen molar-refractivity contribution in [1.82, 2.24) is 0 Å². The van der Waals surface area contributed by atoms with Gasteiger partial charge >= 0.3 is 0 Å². The minimum Gasteiger partial charge on any atom is -0.368 e. The van der Waals surface area contributed by atoms with Crippen LogP contribution >= 0.6 is 0 Å². The molecule has 0 aliphatic heterocycles. The predicted molar refractivity (Wildman–Crippen MR) is 35.3 cm³/mol. The number of rotatable bonds is 3. The summed E-state index contributed by atoms with van der Waals surface area (Å²) in [5.41, 5.74) is 0. The molecule has 0 saturated carbocycles. The molecule has 4 heteroatoms. The summed E-state index contributed by atoms with van der Waals surface area (Å²) in [7, 11) is 0. The largest absolute Gasteiger partial charge is 0.368 e. The molecule has 0 unspecified atom stereocenters. The van der Waals surface area contributed by atoms with Gasteiger partial charge in [0.15, 0.2) is 6.29 Å². The van der Waals surface area contributed by atoms with Crippen LogP contribution in [0.5, 0.6) is 0 Å². The lowest BCUT2D eigenvalue weighted by Gasteiger charge is -1.90. The Hall–Kier alpha value is -0.740. The second-order valence-electron chi connectivity index (χ2n) is 1.46. The predicted octanol–water partition coefficient (Wildman–Crippen LogP) is -0.519. The van der Waals surface area contributed by atoms with E-state index < -0.39 is 6.29 Å². The molecular formula is C6H12O4. The zero-order valence-electron chi connectivity index (χ0n) is 5.86. The van der Waals surface area contributed by atoms with E-state index in [1.165, 1.54) is 0 Å². The second kappa shape index (κ2) is 11.1. The van der Waals surface area contributed by atoms with Crippen molar-refractivity contribution in [2.24, 2.45) is 0 Å². The minimum atomic E-state index is -1.12. The van der Waals surface area contributed by atoms with Gasteiger partial charge in [0.25, 0.3) is 0 Å². The van der Waals surface area contributed by atoms with Crippen molar-refractivity contribution in [2.75, 3.05) is 0 Å². The second-order valence-corrected chi connectivity index (χ2v) is 1.46. The van der Waals surface area contributed by atoms with E-state index in [0.29, 0.717) is 19.0 Å². The van der Waals surface area contributed by atoms with Crippen LogP contribution in [0.3, 0.4) is 0 Å². The molecule has 0 aromatic heterocycles. The molecule has 0 amide bonds. The van der Waals surface area contributed by atoms with Gasteiger partial charge in [-0.1, -0.05) is 6.92 Å². The number of aliphatic hydroxyl groups is 2. The quantitative estimate of drug-likeness (QED) is 0.321. The third-order valence-corrected chi connectivity index (χ3v) is 0.558. The molecule has 0 aromatic rings. The maximum absolute atomic E-state index is 9.17. The molecule has 0 aliphatic rings. The molecule has 4 nitrogen and oxygen atoms in total. The third kappa shape index (κ3) is 26.8. The molecule has 0 bridgehead atoms. The molecule has 0 aromatic carbocycles. The maximum Gasteiger partial charge on any atom is 0.151 e. The van der Waals surface area contributed by atoms with Crippen LogP contribution in [-0.4, -0.2) is 29.1 Å². The highest BCUT2D eigenvalue weighted by Crippen LogP contribution is 1.77. The van der Waals surface area contributed by atoms with E-state index in [1.807, 2.05) is 0 Å². The minimum absolute atomic E-state index is 0.0278. The molecule has 0 spiro atoms. The van der Waals surface area contributed by atoms with Crippen molar-refractivity contribution in [2.45, 2.75) is 26.1 Å². The van der Waals surface area contributed by atoms with Gasteiger partial charge in [0.1, 0.15) is 12.6 Å². The van der Waals surface area contributed by atoms with Crippen molar-refractivity contribution in [3.63, 3.8) is 0 Å². The van der Waals surface area contributed by atoms with Crippen LogP contribution in [-0.2, 0) is 9.59 Å². The standard InChI is InChI=1S/C3H8O2.C3H4O2/c1-2-3(4)5;4-2-1-3-5/h3-5H,2H2,1H3;2-3H,1H2. The summed E-state index contributed by atoms with van der Waals surface area (Å²) in [6.45, 7) is 1.70. The van der Waals surface area contributed by atoms with Gasteiger partial charge in [0.05, 0.1) is 6.42 Å². The SMILES string of the molecule is CCC(O)O.O=CCC=O. The normalized spacial score (nSPS) is 8.00. The topological polar surface area (TPSA) is 74.6 Å². The molecular weight excluding hydrogens is 136 g/mol. The van der Waals surface area contributed by atoms with Gasteiger partial charge < -0.3 is 19.8 Å². The number of hydrogen-bond acceptors (Lipinski definition) is 4. The molecule has 0 rings (SSSR count). The fourth-order valence-electron chi connectivity index (χ4n) is 0.0393. The Morgan fingerprint density at radius 1 is 1.30 bits per heavy atom. The Bertz CT molecular complexity index is 73.8. The van der Waals surface area contributed by atoms with Crippen LogP contribution in [0, 0.1) is 0 Å². The summed E-state index contributed by atoms with van der Waals surface area (Å²) in [6.07, 6.45) is 0.454. The van der Waals surface area contributed by atoms with Crippen LogP contribution in [0.4, 0.5) is 0 Å². The van der Waals surface area contributed by atoms with E-state index in [9.17, 15) is 9.59 Å². The van der Waals surface area contributed by atoms with E-state index >= 15 is 0 Å². The number of carbonyl (C=O) groups excluding carboxylic acids is 2. The van der Waals surface area contributed by atoms with Gasteiger partial charge in [-0.2, -0.15) is 0 Å². The van der Waals surface area contributed by atoms with E-state index in [2.05, 4.69) is 0 Å². The third-order valence-electron chi connectivity index (χ3n) is 0.558. The molecule has 0 radical (unpaired) electrons. The molecule has 2 N–H and O–H groups in total. The summed E-state index contributed by atoms with van der Waals surface area (Å²) in [6, 6.07) is 0. The fourth-order valence-corrected chi connectivity index (χ4v) is 0.0393. The zero-order chi connectivity index (χ0) is 8.41. The fraction of sp³-hybridized carbons (Fsp3) is 0.667. The summed E-state index contributed by atoms with van der Waals surface area (Å²) < 4.78 is 0. The molecule has 0 aliphatic carbocycles. The van der Waals surface area contributed by atoms with Gasteiger partial charge in [0, 0.05) is 0 Å². The summed E-state index contributed by atoms with van der Waals surface area (Å²) in [5, 5.41) is 15.8. The summed E-state index contributed by atoms with van der Waals surface area (Å²) in [5.74, 6) is 0. The van der Waals surface area contributed by atoms with Gasteiger partial charge in [-0.3, -0.25) is 0 Å². The Kier molecular flexibility index (Phi) is 13.3. The Labute approximate surface area is 59.5 Å². The lowest BCUT2D eigenvalue weighted by atomic mass is 10.5. The average molecular weight is 148 g/mol. The zero-order valence-corrected chi connectivity index (χ0v) is 5.86. The molecule has 0 atom stereocenters. The Balaban J connectivity index is 0. The first-order valence-electron chi connectivity index (χ1n) is 2.92. The van der Waals surface area contributed by atoms with Crippen LogP contribution in [0.1, 0.15) is 19.8 Å². The molecule has 0 heterocycles. The Morgan fingerprint density at radius 3 is 1.60 bits per heavy atom. The van der Waals surface area contributed by atoms with Crippen molar-refractivity contribution >= 4 is 12.6 Å². The summed E-state index contributed by atoms with van der Waals surface area (Å²) in [4.78, 5) is 18.3. The van der Waals surface area contributed by atoms with Gasteiger partial charge in [-0.15, -0.1) is 0 Å². The van der Waals surface area contributed by atoms with Crippen LogP contribution in [0.15, 0.2) is 0 Å². The first-order valence-corrected chi connectivity index (χ1v) is 2.92. The lowest BCUT2D eigenvalue weighted by molar-refractivity contribution is -0.114. The number of aldehydes is 2. The highest BCUT2D eigenvalue weighted by Gasteiger charge is 1.83. The van der Waals surface area contributed by atoms with E-state index in [4.69, 9.17) is 10.2 Å². The summed E-state index contributed by atoms with van der Waals surface area (Å²) >= 11 is 0. The monoisotopic (exact) mass is 148 g/mol. The maximum atomic E-state index is 9.17. The highest BCUT2D eigenvalue weighted by molar-refractivity contribution is 5.72. The molecule has 60 valence electrons. The van der Waals surface area contributed by atoms with Crippen molar-refractivity contribution < 1.29 is 19.8 Å². The van der Waals surface area contributed by atoms with E-state index in [0.717, 1.165) is 0 Å². The first kappa shape index (κ1) is 12.0. The lowest BCUT2D eigenvalue weighted by Crippen LogP contribution is -1.99. The van der Waals surface area contributed by atoms with Crippen molar-refractivity contribution in [3.8, 4) is 0 Å². The van der Waals surface area contributed by atoms with E-state index in [-0.39, 0.29) is 6.42 Å². The number of aliphatic hydroxyl groups excluding tert-OH is 1. The smallest absolute Gasteiger partial charge is 0.151 e. The first-order chi connectivity index (χ1) is 4.68. The molecule has 0 fully saturated rings. The number of carbonyl (C=O) groups is 2. The van der Waals surface area contributed by atoms with Crippen molar-refractivity contribution in [1.29, 1.82) is 0 Å². The Morgan fingerprint density at radius 2 is 1.60 bits per heavy atom.